The van der Waals surface area contributed by atoms with Gasteiger partial charge in [-0.3, -0.25) is 9.59 Å². The Kier molecular flexibility index (Phi) is 3.69. The second-order valence-electron chi connectivity index (χ2n) is 4.63. The number of carbonyl (C=O) groups is 2. The number of nitrogen functional groups attached to an aromatic ring is 1. The van der Waals surface area contributed by atoms with Crippen LogP contribution in [0.25, 0.3) is 0 Å². The number of aliphatic carboxylic acids is 1. The molecule has 0 spiro atoms. The number of anilines is 1. The van der Waals surface area contributed by atoms with Gasteiger partial charge in [0.1, 0.15) is 5.82 Å². The number of rotatable bonds is 2. The third kappa shape index (κ3) is 2.67. The summed E-state index contributed by atoms with van der Waals surface area (Å²) in [5.74, 6) is -2.53. The van der Waals surface area contributed by atoms with Gasteiger partial charge in [0.2, 0.25) is 0 Å². The highest BCUT2D eigenvalue weighted by atomic mass is 19.1. The van der Waals surface area contributed by atoms with Gasteiger partial charge in [0.25, 0.3) is 5.91 Å². The maximum atomic E-state index is 13.3. The van der Waals surface area contributed by atoms with E-state index in [1.54, 1.807) is 0 Å². The van der Waals surface area contributed by atoms with Gasteiger partial charge in [-0.2, -0.15) is 0 Å². The lowest BCUT2D eigenvalue weighted by atomic mass is 9.97. The predicted molar refractivity (Wildman–Crippen MR) is 67.1 cm³/mol. The molecule has 5 nitrogen and oxygen atoms in total. The van der Waals surface area contributed by atoms with Crippen LogP contribution in [-0.2, 0) is 4.79 Å². The monoisotopic (exact) mass is 266 g/mol. The average Bonchev–Trinajstić information content (AvgIpc) is 2.41. The van der Waals surface area contributed by atoms with Gasteiger partial charge in [0.05, 0.1) is 17.2 Å². The number of nitrogens with zero attached hydrogens (tertiary/aromatic N) is 1. The average molecular weight is 266 g/mol. The highest BCUT2D eigenvalue weighted by Crippen LogP contribution is 2.22. The van der Waals surface area contributed by atoms with Gasteiger partial charge in [0.15, 0.2) is 0 Å². The zero-order chi connectivity index (χ0) is 14.0. The maximum absolute atomic E-state index is 13.3. The number of likely N-dealkylation sites (tertiary alicyclic amines) is 1. The molecule has 1 aliphatic rings. The normalized spacial score (nSPS) is 19.2. The third-order valence-electron chi connectivity index (χ3n) is 3.34. The molecular formula is C13H15FN2O3. The number of carboxylic acids is 1. The quantitative estimate of drug-likeness (QED) is 0.791. The lowest BCUT2D eigenvalue weighted by Gasteiger charge is -2.31. The molecule has 1 aromatic rings. The molecule has 2 rings (SSSR count). The maximum Gasteiger partial charge on any atom is 0.308 e. The van der Waals surface area contributed by atoms with Crippen molar-refractivity contribution in [1.29, 1.82) is 0 Å². The fourth-order valence-corrected chi connectivity index (χ4v) is 2.26. The molecule has 1 amide bonds. The van der Waals surface area contributed by atoms with Crippen LogP contribution in [0, 0.1) is 11.7 Å². The molecule has 0 bridgehead atoms. The smallest absolute Gasteiger partial charge is 0.308 e. The Balaban J connectivity index is 2.19. The Morgan fingerprint density at radius 3 is 2.84 bits per heavy atom. The number of carboxylic acid groups (broad SMARTS) is 1. The zero-order valence-corrected chi connectivity index (χ0v) is 10.3. The number of amides is 1. The van der Waals surface area contributed by atoms with Gasteiger partial charge >= 0.3 is 5.97 Å². The summed E-state index contributed by atoms with van der Waals surface area (Å²) in [5.41, 5.74) is 5.44. The SMILES string of the molecule is Nc1c(F)cccc1C(=O)N1CCCC(C(=O)O)C1. The van der Waals surface area contributed by atoms with Crippen molar-refractivity contribution in [2.45, 2.75) is 12.8 Å². The van der Waals surface area contributed by atoms with Crippen molar-refractivity contribution in [1.82, 2.24) is 4.90 Å². The zero-order valence-electron chi connectivity index (χ0n) is 10.3. The van der Waals surface area contributed by atoms with Gasteiger partial charge in [-0.05, 0) is 25.0 Å². The lowest BCUT2D eigenvalue weighted by molar-refractivity contribution is -0.143. The summed E-state index contributed by atoms with van der Waals surface area (Å²) >= 11 is 0. The van der Waals surface area contributed by atoms with Gasteiger partial charge < -0.3 is 15.7 Å². The first-order chi connectivity index (χ1) is 9.00. The van der Waals surface area contributed by atoms with Gasteiger partial charge in [-0.1, -0.05) is 6.07 Å². The topological polar surface area (TPSA) is 83.6 Å². The minimum atomic E-state index is -0.912. The summed E-state index contributed by atoms with van der Waals surface area (Å²) in [6, 6.07) is 4.05. The van der Waals surface area contributed by atoms with Crippen LogP contribution in [-0.4, -0.2) is 35.0 Å². The highest BCUT2D eigenvalue weighted by Gasteiger charge is 2.29. The van der Waals surface area contributed by atoms with Crippen molar-refractivity contribution in [3.8, 4) is 0 Å². The fourth-order valence-electron chi connectivity index (χ4n) is 2.26. The number of hydrogen-bond donors (Lipinski definition) is 2. The first-order valence-electron chi connectivity index (χ1n) is 6.06. The molecule has 0 aromatic heterocycles. The molecule has 102 valence electrons. The van der Waals surface area contributed by atoms with E-state index in [1.807, 2.05) is 0 Å². The van der Waals surface area contributed by atoms with E-state index in [0.717, 1.165) is 0 Å². The second-order valence-corrected chi connectivity index (χ2v) is 4.63. The first-order valence-corrected chi connectivity index (χ1v) is 6.06. The molecule has 6 heteroatoms. The second kappa shape index (κ2) is 5.26. The summed E-state index contributed by atoms with van der Waals surface area (Å²) < 4.78 is 13.3. The fraction of sp³-hybridized carbons (Fsp3) is 0.385. The Morgan fingerprint density at radius 1 is 1.42 bits per heavy atom. The van der Waals surface area contributed by atoms with Crippen LogP contribution < -0.4 is 5.73 Å². The third-order valence-corrected chi connectivity index (χ3v) is 3.34. The largest absolute Gasteiger partial charge is 0.481 e. The predicted octanol–water partition coefficient (Wildman–Crippen LogP) is 1.34. The Bertz CT molecular complexity index is 519. The van der Waals surface area contributed by atoms with Gasteiger partial charge in [-0.25, -0.2) is 4.39 Å². The molecule has 1 aromatic carbocycles. The summed E-state index contributed by atoms with van der Waals surface area (Å²) in [7, 11) is 0. The molecule has 1 saturated heterocycles. The minimum absolute atomic E-state index is 0.0889. The minimum Gasteiger partial charge on any atom is -0.481 e. The molecule has 1 atom stereocenters. The summed E-state index contributed by atoms with van der Waals surface area (Å²) in [4.78, 5) is 24.6. The van der Waals surface area contributed by atoms with Crippen LogP contribution in [0.3, 0.4) is 0 Å². The Labute approximate surface area is 109 Å². The van der Waals surface area contributed by atoms with Crippen LogP contribution in [0.5, 0.6) is 0 Å². The van der Waals surface area contributed by atoms with Crippen LogP contribution in [0.15, 0.2) is 18.2 Å². The van der Waals surface area contributed by atoms with E-state index in [4.69, 9.17) is 10.8 Å². The van der Waals surface area contributed by atoms with Crippen molar-refractivity contribution >= 4 is 17.6 Å². The molecule has 3 N–H and O–H groups in total. The van der Waals surface area contributed by atoms with Crippen molar-refractivity contribution < 1.29 is 19.1 Å². The summed E-state index contributed by atoms with van der Waals surface area (Å²) in [5, 5.41) is 8.98. The number of para-hydroxylation sites is 1. The van der Waals surface area contributed by atoms with E-state index in [1.165, 1.54) is 23.1 Å². The number of carbonyl (C=O) groups excluding carboxylic acids is 1. The number of nitrogens with two attached hydrogens (primary N) is 1. The van der Waals surface area contributed by atoms with Gasteiger partial charge in [0, 0.05) is 13.1 Å². The molecule has 1 aliphatic heterocycles. The number of halogens is 1. The van der Waals surface area contributed by atoms with Crippen molar-refractivity contribution in [2.75, 3.05) is 18.8 Å². The van der Waals surface area contributed by atoms with E-state index >= 15 is 0 Å². The lowest BCUT2D eigenvalue weighted by Crippen LogP contribution is -2.42. The number of piperidine rings is 1. The standard InChI is InChI=1S/C13H15FN2O3/c14-10-5-1-4-9(11(10)15)12(17)16-6-2-3-8(7-16)13(18)19/h1,4-5,8H,2-3,6-7,15H2,(H,18,19). The van der Waals surface area contributed by atoms with E-state index in [-0.39, 0.29) is 17.8 Å². The molecule has 19 heavy (non-hydrogen) atoms. The van der Waals surface area contributed by atoms with E-state index in [0.29, 0.717) is 19.4 Å². The van der Waals surface area contributed by atoms with Crippen LogP contribution in [0.1, 0.15) is 23.2 Å². The van der Waals surface area contributed by atoms with Crippen molar-refractivity contribution in [3.63, 3.8) is 0 Å². The van der Waals surface area contributed by atoms with Crippen LogP contribution in [0.2, 0.25) is 0 Å². The van der Waals surface area contributed by atoms with E-state index < -0.39 is 23.6 Å². The molecule has 0 radical (unpaired) electrons. The Morgan fingerprint density at radius 2 is 2.16 bits per heavy atom. The number of hydrogen-bond acceptors (Lipinski definition) is 3. The van der Waals surface area contributed by atoms with E-state index in [2.05, 4.69) is 0 Å². The molecule has 0 saturated carbocycles. The van der Waals surface area contributed by atoms with E-state index in [9.17, 15) is 14.0 Å². The summed E-state index contributed by atoms with van der Waals surface area (Å²) in [6.07, 6.45) is 1.18. The molecule has 1 unspecified atom stereocenters. The molecule has 1 fully saturated rings. The summed E-state index contributed by atoms with van der Waals surface area (Å²) in [6.45, 7) is 0.614. The highest BCUT2D eigenvalue weighted by molar-refractivity contribution is 5.99. The first kappa shape index (κ1) is 13.3. The number of benzene rings is 1. The van der Waals surface area contributed by atoms with Crippen LogP contribution in [0.4, 0.5) is 10.1 Å². The molecular weight excluding hydrogens is 251 g/mol. The molecule has 0 aliphatic carbocycles. The molecule has 1 heterocycles. The van der Waals surface area contributed by atoms with Crippen LogP contribution >= 0.6 is 0 Å². The van der Waals surface area contributed by atoms with Crippen molar-refractivity contribution in [2.24, 2.45) is 5.92 Å². The van der Waals surface area contributed by atoms with Crippen molar-refractivity contribution in [3.05, 3.63) is 29.6 Å². The Hall–Kier alpha value is -2.11. The van der Waals surface area contributed by atoms with Gasteiger partial charge in [-0.15, -0.1) is 0 Å².